The van der Waals surface area contributed by atoms with Gasteiger partial charge in [-0.25, -0.2) is 8.42 Å². The fourth-order valence-corrected chi connectivity index (χ4v) is 5.00. The number of hydrogen-bond acceptors (Lipinski definition) is 4. The van der Waals surface area contributed by atoms with Gasteiger partial charge < -0.3 is 5.32 Å². The molecule has 2 aromatic rings. The van der Waals surface area contributed by atoms with Crippen LogP contribution in [0.25, 0.3) is 0 Å². The summed E-state index contributed by atoms with van der Waals surface area (Å²) in [7, 11) is -3.81. The van der Waals surface area contributed by atoms with Crippen LogP contribution < -0.4 is 10.0 Å². The quantitative estimate of drug-likeness (QED) is 0.621. The molecule has 1 amide bonds. The molecule has 7 heteroatoms. The van der Waals surface area contributed by atoms with Gasteiger partial charge in [0.1, 0.15) is 0 Å². The topological polar surface area (TPSA) is 75.3 Å². The maximum Gasteiger partial charge on any atom is 0.262 e. The SMILES string of the molecule is Cc1ccc(NS(=O)(=O)c2cc(C(=O)NCCSC(C)(C)C)ccc2C)c(C)c1. The van der Waals surface area contributed by atoms with Crippen LogP contribution in [0.3, 0.4) is 0 Å². The van der Waals surface area contributed by atoms with Crippen molar-refractivity contribution in [2.75, 3.05) is 17.0 Å². The Kier molecular flexibility index (Phi) is 7.40. The van der Waals surface area contributed by atoms with Crippen molar-refractivity contribution in [3.8, 4) is 0 Å². The molecule has 0 atom stereocenters. The molecule has 0 heterocycles. The summed E-state index contributed by atoms with van der Waals surface area (Å²) < 4.78 is 28.7. The van der Waals surface area contributed by atoms with Crippen LogP contribution in [0.1, 0.15) is 47.8 Å². The average Bonchev–Trinajstić information content (AvgIpc) is 2.60. The number of sulfonamides is 1. The molecule has 0 radical (unpaired) electrons. The van der Waals surface area contributed by atoms with Crippen molar-refractivity contribution in [2.45, 2.75) is 51.2 Å². The number of benzene rings is 2. The van der Waals surface area contributed by atoms with E-state index in [1.54, 1.807) is 36.9 Å². The number of carbonyl (C=O) groups excluding carboxylic acids is 1. The van der Waals surface area contributed by atoms with Crippen LogP contribution in [0, 0.1) is 20.8 Å². The van der Waals surface area contributed by atoms with Gasteiger partial charge in [-0.05, 0) is 50.1 Å². The highest BCUT2D eigenvalue weighted by Gasteiger charge is 2.20. The fraction of sp³-hybridized carbons (Fsp3) is 0.409. The van der Waals surface area contributed by atoms with Gasteiger partial charge in [-0.3, -0.25) is 9.52 Å². The zero-order valence-electron chi connectivity index (χ0n) is 17.9. The standard InChI is InChI=1S/C22H30N2O3S2/c1-15-7-10-19(17(3)13-15)24-29(26,27)20-14-18(9-8-16(20)2)21(25)23-11-12-28-22(4,5)6/h7-10,13-14,24H,11-12H2,1-6H3,(H,23,25). The molecule has 0 unspecified atom stereocenters. The summed E-state index contributed by atoms with van der Waals surface area (Å²) in [5.74, 6) is 0.517. The van der Waals surface area contributed by atoms with Gasteiger partial charge in [0.25, 0.3) is 15.9 Å². The van der Waals surface area contributed by atoms with Crippen molar-refractivity contribution in [2.24, 2.45) is 0 Å². The number of rotatable bonds is 7. The maximum absolute atomic E-state index is 13.0. The highest BCUT2D eigenvalue weighted by Crippen LogP contribution is 2.24. The lowest BCUT2D eigenvalue weighted by Gasteiger charge is -2.17. The van der Waals surface area contributed by atoms with Crippen molar-refractivity contribution < 1.29 is 13.2 Å². The van der Waals surface area contributed by atoms with E-state index in [2.05, 4.69) is 30.8 Å². The van der Waals surface area contributed by atoms with E-state index in [0.29, 0.717) is 23.4 Å². The van der Waals surface area contributed by atoms with E-state index < -0.39 is 10.0 Å². The molecule has 0 spiro atoms. The van der Waals surface area contributed by atoms with Crippen molar-refractivity contribution in [1.29, 1.82) is 0 Å². The average molecular weight is 435 g/mol. The van der Waals surface area contributed by atoms with Crippen molar-refractivity contribution >= 4 is 33.4 Å². The van der Waals surface area contributed by atoms with Gasteiger partial charge in [-0.1, -0.05) is 44.5 Å². The highest BCUT2D eigenvalue weighted by molar-refractivity contribution is 8.00. The first-order valence-electron chi connectivity index (χ1n) is 9.52. The van der Waals surface area contributed by atoms with E-state index in [4.69, 9.17) is 0 Å². The Morgan fingerprint density at radius 1 is 1.00 bits per heavy atom. The zero-order chi connectivity index (χ0) is 21.8. The summed E-state index contributed by atoms with van der Waals surface area (Å²) in [6, 6.07) is 10.3. The van der Waals surface area contributed by atoms with E-state index in [-0.39, 0.29) is 15.5 Å². The van der Waals surface area contributed by atoms with Crippen LogP contribution in [0.5, 0.6) is 0 Å². The first-order valence-corrected chi connectivity index (χ1v) is 12.0. The first kappa shape index (κ1) is 23.3. The third-order valence-electron chi connectivity index (χ3n) is 4.29. The smallest absolute Gasteiger partial charge is 0.262 e. The predicted molar refractivity (Wildman–Crippen MR) is 122 cm³/mol. The molecule has 0 aliphatic heterocycles. The normalized spacial score (nSPS) is 11.9. The van der Waals surface area contributed by atoms with Crippen LogP contribution in [0.4, 0.5) is 5.69 Å². The van der Waals surface area contributed by atoms with Crippen LogP contribution >= 0.6 is 11.8 Å². The Hall–Kier alpha value is -1.99. The first-order chi connectivity index (χ1) is 13.4. The van der Waals surface area contributed by atoms with Crippen molar-refractivity contribution in [1.82, 2.24) is 5.32 Å². The molecule has 2 N–H and O–H groups in total. The summed E-state index contributed by atoms with van der Waals surface area (Å²) in [4.78, 5) is 12.6. The largest absolute Gasteiger partial charge is 0.351 e. The van der Waals surface area contributed by atoms with E-state index >= 15 is 0 Å². The second-order valence-corrected chi connectivity index (χ2v) is 11.7. The lowest BCUT2D eigenvalue weighted by molar-refractivity contribution is 0.0956. The second kappa shape index (κ2) is 9.22. The lowest BCUT2D eigenvalue weighted by atomic mass is 10.1. The van der Waals surface area contributed by atoms with Gasteiger partial charge >= 0.3 is 0 Å². The summed E-state index contributed by atoms with van der Waals surface area (Å²) >= 11 is 1.76. The number of amides is 1. The predicted octanol–water partition coefficient (Wildman–Crippen LogP) is 4.67. The number of anilines is 1. The van der Waals surface area contributed by atoms with E-state index in [0.717, 1.165) is 16.9 Å². The Morgan fingerprint density at radius 2 is 1.69 bits per heavy atom. The minimum Gasteiger partial charge on any atom is -0.351 e. The highest BCUT2D eigenvalue weighted by atomic mass is 32.2. The molecule has 0 saturated carbocycles. The minimum absolute atomic E-state index is 0.106. The Labute approximate surface area is 178 Å². The van der Waals surface area contributed by atoms with Gasteiger partial charge in [0.15, 0.2) is 0 Å². The molecule has 0 saturated heterocycles. The van der Waals surface area contributed by atoms with Crippen LogP contribution in [0.2, 0.25) is 0 Å². The monoisotopic (exact) mass is 434 g/mol. The summed E-state index contributed by atoms with van der Waals surface area (Å²) in [5.41, 5.74) is 3.35. The summed E-state index contributed by atoms with van der Waals surface area (Å²) in [6.07, 6.45) is 0. The van der Waals surface area contributed by atoms with Gasteiger partial charge in [0.05, 0.1) is 10.6 Å². The molecule has 158 valence electrons. The van der Waals surface area contributed by atoms with Crippen LogP contribution in [0.15, 0.2) is 41.3 Å². The summed E-state index contributed by atoms with van der Waals surface area (Å²) in [5, 5.41) is 2.86. The Balaban J connectivity index is 2.17. The summed E-state index contributed by atoms with van der Waals surface area (Å²) in [6.45, 7) is 12.4. The molecule has 0 fully saturated rings. The number of aryl methyl sites for hydroxylation is 3. The molecule has 29 heavy (non-hydrogen) atoms. The molecular formula is C22H30N2O3S2. The minimum atomic E-state index is -3.81. The van der Waals surface area contributed by atoms with Crippen LogP contribution in [-0.4, -0.2) is 31.4 Å². The molecule has 2 rings (SSSR count). The lowest BCUT2D eigenvalue weighted by Crippen LogP contribution is -2.27. The van der Waals surface area contributed by atoms with E-state index in [1.807, 2.05) is 26.0 Å². The molecule has 0 aromatic heterocycles. The molecule has 0 bridgehead atoms. The van der Waals surface area contributed by atoms with Gasteiger partial charge in [0, 0.05) is 22.6 Å². The Bertz CT molecular complexity index is 994. The van der Waals surface area contributed by atoms with Crippen molar-refractivity contribution in [3.05, 3.63) is 58.7 Å². The zero-order valence-corrected chi connectivity index (χ0v) is 19.6. The van der Waals surface area contributed by atoms with Crippen molar-refractivity contribution in [3.63, 3.8) is 0 Å². The van der Waals surface area contributed by atoms with Gasteiger partial charge in [-0.15, -0.1) is 0 Å². The molecule has 5 nitrogen and oxygen atoms in total. The fourth-order valence-electron chi connectivity index (χ4n) is 2.78. The number of carbonyl (C=O) groups is 1. The van der Waals surface area contributed by atoms with Crippen LogP contribution in [-0.2, 0) is 10.0 Å². The molecule has 0 aliphatic carbocycles. The number of hydrogen-bond donors (Lipinski definition) is 2. The molecular weight excluding hydrogens is 404 g/mol. The Morgan fingerprint density at radius 3 is 2.31 bits per heavy atom. The second-order valence-electron chi connectivity index (χ2n) is 8.12. The number of thioether (sulfide) groups is 1. The molecule has 2 aromatic carbocycles. The third-order valence-corrected chi connectivity index (χ3v) is 7.07. The number of nitrogens with one attached hydrogen (secondary N) is 2. The van der Waals surface area contributed by atoms with E-state index in [9.17, 15) is 13.2 Å². The maximum atomic E-state index is 13.0. The van der Waals surface area contributed by atoms with Gasteiger partial charge in [0.2, 0.25) is 0 Å². The molecule has 0 aliphatic rings. The van der Waals surface area contributed by atoms with Gasteiger partial charge in [-0.2, -0.15) is 11.8 Å². The van der Waals surface area contributed by atoms with E-state index in [1.165, 1.54) is 6.07 Å². The third kappa shape index (κ3) is 6.78.